The molecule has 6 heteroatoms. The predicted octanol–water partition coefficient (Wildman–Crippen LogP) is 3.88. The molecule has 4 rings (SSSR count). The number of ether oxygens (including phenoxy) is 1. The molecule has 2 aromatic rings. The van der Waals surface area contributed by atoms with Gasteiger partial charge in [-0.3, -0.25) is 14.6 Å². The van der Waals surface area contributed by atoms with Crippen molar-refractivity contribution in [2.45, 2.75) is 45.4 Å². The zero-order valence-electron chi connectivity index (χ0n) is 19.2. The number of aryl methyl sites for hydroxylation is 2. The number of benzene rings is 1. The number of carbonyl (C=O) groups is 2. The SMILES string of the molecule is Cc1ncccc1C(=O)N1CCC2(CCCCc3ccccc3OCC(=O)N(C)C2)CC1. The van der Waals surface area contributed by atoms with Crippen molar-refractivity contribution in [2.75, 3.05) is 33.3 Å². The van der Waals surface area contributed by atoms with Crippen molar-refractivity contribution >= 4 is 11.8 Å². The smallest absolute Gasteiger partial charge is 0.260 e. The molecule has 0 aliphatic carbocycles. The Morgan fingerprint density at radius 3 is 2.62 bits per heavy atom. The lowest BCUT2D eigenvalue weighted by atomic mass is 9.73. The second kappa shape index (κ2) is 9.72. The van der Waals surface area contributed by atoms with Gasteiger partial charge in [0.2, 0.25) is 0 Å². The Kier molecular flexibility index (Phi) is 6.77. The van der Waals surface area contributed by atoms with Crippen LogP contribution in [0, 0.1) is 12.3 Å². The van der Waals surface area contributed by atoms with Gasteiger partial charge >= 0.3 is 0 Å². The monoisotopic (exact) mass is 435 g/mol. The van der Waals surface area contributed by atoms with Gasteiger partial charge in [0.1, 0.15) is 5.75 Å². The predicted molar refractivity (Wildman–Crippen MR) is 124 cm³/mol. The van der Waals surface area contributed by atoms with Crippen LogP contribution in [0.1, 0.15) is 53.7 Å². The molecule has 6 nitrogen and oxygen atoms in total. The van der Waals surface area contributed by atoms with Gasteiger partial charge in [-0.25, -0.2) is 0 Å². The Hall–Kier alpha value is -2.89. The third kappa shape index (κ3) is 4.95. The molecule has 1 fully saturated rings. The molecule has 170 valence electrons. The first kappa shape index (κ1) is 22.3. The molecule has 2 amide bonds. The van der Waals surface area contributed by atoms with E-state index in [1.54, 1.807) is 6.20 Å². The van der Waals surface area contributed by atoms with Crippen LogP contribution in [0.15, 0.2) is 42.6 Å². The zero-order chi connectivity index (χ0) is 22.6. The minimum Gasteiger partial charge on any atom is -0.483 e. The quantitative estimate of drug-likeness (QED) is 0.682. The number of likely N-dealkylation sites (N-methyl/N-ethyl adjacent to an activating group) is 1. The van der Waals surface area contributed by atoms with Gasteiger partial charge < -0.3 is 14.5 Å². The molecule has 2 aliphatic rings. The van der Waals surface area contributed by atoms with Crippen LogP contribution in [-0.2, 0) is 11.2 Å². The summed E-state index contributed by atoms with van der Waals surface area (Å²) >= 11 is 0. The van der Waals surface area contributed by atoms with Crippen LogP contribution in [0.2, 0.25) is 0 Å². The zero-order valence-corrected chi connectivity index (χ0v) is 19.2. The molecule has 0 atom stereocenters. The van der Waals surface area contributed by atoms with Gasteiger partial charge in [0.25, 0.3) is 11.8 Å². The van der Waals surface area contributed by atoms with Crippen molar-refractivity contribution in [3.05, 3.63) is 59.4 Å². The number of piperidine rings is 1. The van der Waals surface area contributed by atoms with Gasteiger partial charge in [-0.2, -0.15) is 0 Å². The summed E-state index contributed by atoms with van der Waals surface area (Å²) in [5.74, 6) is 0.888. The average molecular weight is 436 g/mol. The highest BCUT2D eigenvalue weighted by molar-refractivity contribution is 5.95. The highest BCUT2D eigenvalue weighted by atomic mass is 16.5. The standard InChI is InChI=1S/C26H33N3O3/c1-20-22(10-7-15-27-20)25(31)29-16-13-26(14-17-29)12-6-5-9-21-8-3-4-11-23(21)32-18-24(30)28(2)19-26/h3-4,7-8,10-11,15H,5-6,9,12-14,16-19H2,1-2H3. The van der Waals surface area contributed by atoms with Crippen molar-refractivity contribution < 1.29 is 14.3 Å². The van der Waals surface area contributed by atoms with Gasteiger partial charge in [-0.05, 0) is 68.2 Å². The molecule has 1 aromatic heterocycles. The van der Waals surface area contributed by atoms with Crippen LogP contribution in [-0.4, -0.2) is 59.9 Å². The molecular weight excluding hydrogens is 402 g/mol. The Morgan fingerprint density at radius 2 is 1.84 bits per heavy atom. The van der Waals surface area contributed by atoms with E-state index in [2.05, 4.69) is 11.1 Å². The van der Waals surface area contributed by atoms with Crippen LogP contribution in [0.4, 0.5) is 0 Å². The maximum atomic E-state index is 13.0. The fraction of sp³-hybridized carbons (Fsp3) is 0.500. The summed E-state index contributed by atoms with van der Waals surface area (Å²) in [6.07, 6.45) is 7.77. The van der Waals surface area contributed by atoms with Gasteiger partial charge in [-0.1, -0.05) is 24.6 Å². The molecule has 1 spiro atoms. The van der Waals surface area contributed by atoms with Crippen LogP contribution in [0.3, 0.4) is 0 Å². The van der Waals surface area contributed by atoms with Crippen molar-refractivity contribution in [2.24, 2.45) is 5.41 Å². The number of likely N-dealkylation sites (tertiary alicyclic amines) is 1. The van der Waals surface area contributed by atoms with Gasteiger partial charge in [-0.15, -0.1) is 0 Å². The summed E-state index contributed by atoms with van der Waals surface area (Å²) in [5.41, 5.74) is 2.67. The van der Waals surface area contributed by atoms with Crippen molar-refractivity contribution in [1.82, 2.24) is 14.8 Å². The van der Waals surface area contributed by atoms with Crippen molar-refractivity contribution in [3.63, 3.8) is 0 Å². The second-order valence-electron chi connectivity index (χ2n) is 9.28. The Morgan fingerprint density at radius 1 is 1.06 bits per heavy atom. The molecule has 0 saturated carbocycles. The lowest BCUT2D eigenvalue weighted by Crippen LogP contribution is -2.49. The maximum Gasteiger partial charge on any atom is 0.260 e. The molecule has 0 unspecified atom stereocenters. The summed E-state index contributed by atoms with van der Waals surface area (Å²) in [4.78, 5) is 33.9. The number of fused-ring (bicyclic) bond motifs is 1. The minimum atomic E-state index is 0.00393. The third-order valence-electron chi connectivity index (χ3n) is 7.07. The fourth-order valence-electron chi connectivity index (χ4n) is 5.06. The van der Waals surface area contributed by atoms with E-state index in [-0.39, 0.29) is 23.8 Å². The third-order valence-corrected chi connectivity index (χ3v) is 7.07. The fourth-order valence-corrected chi connectivity index (χ4v) is 5.06. The number of aromatic nitrogens is 1. The van der Waals surface area contributed by atoms with Gasteiger partial charge in [0.15, 0.2) is 6.61 Å². The second-order valence-corrected chi connectivity index (χ2v) is 9.28. The lowest BCUT2D eigenvalue weighted by molar-refractivity contribution is -0.134. The lowest BCUT2D eigenvalue weighted by Gasteiger charge is -2.44. The summed E-state index contributed by atoms with van der Waals surface area (Å²) in [5, 5.41) is 0. The van der Waals surface area contributed by atoms with Crippen LogP contribution in [0.5, 0.6) is 5.75 Å². The molecule has 2 aliphatic heterocycles. The van der Waals surface area contributed by atoms with Crippen LogP contribution < -0.4 is 4.74 Å². The molecule has 3 heterocycles. The van der Waals surface area contributed by atoms with E-state index in [9.17, 15) is 9.59 Å². The highest BCUT2D eigenvalue weighted by Gasteiger charge is 2.38. The minimum absolute atomic E-state index is 0.00393. The Balaban J connectivity index is 1.45. The van der Waals surface area contributed by atoms with E-state index in [1.165, 1.54) is 5.56 Å². The number of hydrogen-bond donors (Lipinski definition) is 0. The largest absolute Gasteiger partial charge is 0.483 e. The summed E-state index contributed by atoms with van der Waals surface area (Å²) < 4.78 is 5.88. The van der Waals surface area contributed by atoms with Crippen LogP contribution >= 0.6 is 0 Å². The van der Waals surface area contributed by atoms with E-state index < -0.39 is 0 Å². The molecule has 1 aromatic carbocycles. The normalized spacial score (nSPS) is 19.5. The van der Waals surface area contributed by atoms with Gasteiger partial charge in [0, 0.05) is 38.6 Å². The van der Waals surface area contributed by atoms with Crippen molar-refractivity contribution in [1.29, 1.82) is 0 Å². The summed E-state index contributed by atoms with van der Waals surface area (Å²) in [7, 11) is 1.88. The van der Waals surface area contributed by atoms with E-state index in [1.807, 2.05) is 54.1 Å². The van der Waals surface area contributed by atoms with E-state index in [0.29, 0.717) is 25.2 Å². The van der Waals surface area contributed by atoms with Gasteiger partial charge in [0.05, 0.1) is 5.56 Å². The number of pyridine rings is 1. The first-order valence-corrected chi connectivity index (χ1v) is 11.6. The first-order valence-electron chi connectivity index (χ1n) is 11.6. The number of nitrogens with zero attached hydrogens (tertiary/aromatic N) is 3. The number of hydrogen-bond acceptors (Lipinski definition) is 4. The maximum absolute atomic E-state index is 13.0. The Labute approximate surface area is 190 Å². The first-order chi connectivity index (χ1) is 15.5. The molecular formula is C26H33N3O3. The van der Waals surface area contributed by atoms with E-state index in [4.69, 9.17) is 4.74 Å². The Bertz CT molecular complexity index is 966. The average Bonchev–Trinajstić information content (AvgIpc) is 2.80. The number of para-hydroxylation sites is 1. The number of carbonyl (C=O) groups excluding carboxylic acids is 2. The molecule has 0 N–H and O–H groups in total. The molecule has 32 heavy (non-hydrogen) atoms. The van der Waals surface area contributed by atoms with E-state index in [0.717, 1.165) is 50.0 Å². The molecule has 0 bridgehead atoms. The number of amides is 2. The summed E-state index contributed by atoms with van der Waals surface area (Å²) in [6.45, 7) is 4.09. The van der Waals surface area contributed by atoms with E-state index >= 15 is 0 Å². The highest BCUT2D eigenvalue weighted by Crippen LogP contribution is 2.38. The topological polar surface area (TPSA) is 62.7 Å². The van der Waals surface area contributed by atoms with Crippen molar-refractivity contribution in [3.8, 4) is 5.75 Å². The van der Waals surface area contributed by atoms with Crippen LogP contribution in [0.25, 0.3) is 0 Å². The summed E-state index contributed by atoms with van der Waals surface area (Å²) in [6, 6.07) is 11.7. The molecule has 0 radical (unpaired) electrons. The molecule has 1 saturated heterocycles. The number of rotatable bonds is 1.